The number of likely N-dealkylation sites (tertiary alicyclic amines) is 1. The van der Waals surface area contributed by atoms with Gasteiger partial charge in [-0.15, -0.1) is 0 Å². The van der Waals surface area contributed by atoms with Gasteiger partial charge >= 0.3 is 6.16 Å². The number of piperidine rings is 1. The molecule has 0 aromatic heterocycles. The molecule has 1 N–H and O–H groups in total. The maximum Gasteiger partial charge on any atom is 0.509 e. The summed E-state index contributed by atoms with van der Waals surface area (Å²) in [5.41, 5.74) is 2.86. The molecule has 7 aliphatic carbocycles. The molecule has 284 valence electrons. The molecule has 7 fully saturated rings. The summed E-state index contributed by atoms with van der Waals surface area (Å²) in [7, 11) is 1.84. The Morgan fingerprint density at radius 1 is 0.889 bits per heavy atom. The van der Waals surface area contributed by atoms with Crippen molar-refractivity contribution in [3.8, 4) is 11.5 Å². The summed E-state index contributed by atoms with van der Waals surface area (Å²) in [5.74, 6) is 1.56. The van der Waals surface area contributed by atoms with Crippen molar-refractivity contribution in [2.45, 2.75) is 138 Å². The zero-order valence-electron chi connectivity index (χ0n) is 32.5. The molecule has 4 bridgehead atoms. The fraction of sp³-hybridized carbons (Fsp3) is 0.596. The molecule has 2 aliphatic heterocycles. The van der Waals surface area contributed by atoms with E-state index >= 15 is 0 Å². The van der Waals surface area contributed by atoms with E-state index in [4.69, 9.17) is 18.9 Å². The predicted octanol–water partition coefficient (Wildman–Crippen LogP) is 9.17. The summed E-state index contributed by atoms with van der Waals surface area (Å²) in [4.78, 5) is 17.1. The number of methoxy groups -OCH3 is 1. The second kappa shape index (κ2) is 10.6. The SMILES string of the molecule is COC12CCC3(CC1C(C)(OC(=O)OC1CCC(c4ccccc4)(c4ccccc4)CC1)C(C)(C)C)C1N(CC4CC4)C14CC31c3c4ccc(O)c3OC21. The number of phenols is 1. The van der Waals surface area contributed by atoms with E-state index in [0.717, 1.165) is 63.8 Å². The average Bonchev–Trinajstić information content (AvgIpc) is 4.01. The van der Waals surface area contributed by atoms with Gasteiger partial charge in [-0.05, 0) is 99.8 Å². The Kier molecular flexibility index (Phi) is 6.65. The molecule has 12 rings (SSSR count). The minimum atomic E-state index is -0.921. The lowest BCUT2D eigenvalue weighted by Gasteiger charge is -2.69. The Morgan fingerprint density at radius 2 is 1.56 bits per heavy atom. The zero-order valence-corrected chi connectivity index (χ0v) is 32.5. The monoisotopic (exact) mass is 729 g/mol. The Bertz CT molecular complexity index is 1990. The van der Waals surface area contributed by atoms with Crippen molar-refractivity contribution in [2.24, 2.45) is 22.7 Å². The summed E-state index contributed by atoms with van der Waals surface area (Å²) >= 11 is 0. The van der Waals surface area contributed by atoms with Crippen LogP contribution in [0.2, 0.25) is 0 Å². The fourth-order valence-electron chi connectivity index (χ4n) is 14.2. The van der Waals surface area contributed by atoms with E-state index in [1.54, 1.807) is 0 Å². The number of phenolic OH excluding ortho intramolecular Hbond substituents is 1. The number of fused-ring (bicyclic) bond motifs is 2. The van der Waals surface area contributed by atoms with Gasteiger partial charge in [0.1, 0.15) is 23.4 Å². The van der Waals surface area contributed by atoms with E-state index in [1.165, 1.54) is 35.1 Å². The second-order valence-electron chi connectivity index (χ2n) is 19.8. The molecule has 9 atom stereocenters. The van der Waals surface area contributed by atoms with Gasteiger partial charge in [-0.3, -0.25) is 4.90 Å². The van der Waals surface area contributed by atoms with Crippen LogP contribution in [0.25, 0.3) is 0 Å². The number of rotatable bonds is 8. The first-order valence-corrected chi connectivity index (χ1v) is 20.8. The van der Waals surface area contributed by atoms with E-state index in [2.05, 4.69) is 99.3 Å². The molecule has 6 saturated carbocycles. The number of hydrogen-bond acceptors (Lipinski definition) is 7. The Hall–Kier alpha value is -3.55. The van der Waals surface area contributed by atoms with Crippen LogP contribution >= 0.6 is 0 Å². The lowest BCUT2D eigenvalue weighted by atomic mass is 9.38. The molecule has 0 amide bonds. The van der Waals surface area contributed by atoms with Crippen molar-refractivity contribution in [2.75, 3.05) is 13.7 Å². The van der Waals surface area contributed by atoms with Gasteiger partial charge in [-0.1, -0.05) is 87.5 Å². The van der Waals surface area contributed by atoms with Crippen LogP contribution in [-0.2, 0) is 30.6 Å². The van der Waals surface area contributed by atoms with E-state index in [1.807, 2.05) is 13.2 Å². The number of carbonyl (C=O) groups excluding carboxylic acids is 1. The molecule has 9 unspecified atom stereocenters. The molecule has 3 spiro atoms. The lowest BCUT2D eigenvalue weighted by Crippen LogP contribution is -2.78. The molecule has 3 aromatic rings. The van der Waals surface area contributed by atoms with Crippen molar-refractivity contribution >= 4 is 6.16 Å². The van der Waals surface area contributed by atoms with Crippen LogP contribution in [0.15, 0.2) is 72.8 Å². The second-order valence-corrected chi connectivity index (χ2v) is 19.8. The maximum atomic E-state index is 14.3. The Morgan fingerprint density at radius 3 is 2.17 bits per heavy atom. The molecular formula is C47H55NO6. The minimum Gasteiger partial charge on any atom is -0.504 e. The van der Waals surface area contributed by atoms with Crippen molar-refractivity contribution in [3.63, 3.8) is 0 Å². The zero-order chi connectivity index (χ0) is 37.1. The molecule has 54 heavy (non-hydrogen) atoms. The van der Waals surface area contributed by atoms with E-state index < -0.39 is 22.8 Å². The van der Waals surface area contributed by atoms with Crippen LogP contribution in [0, 0.1) is 22.7 Å². The molecule has 0 radical (unpaired) electrons. The standard InChI is InChI=1S/C47H55NO6/c1-41(2,3)42(4,54-40(50)52-32-20-22-43(23-21-32,30-12-8-6-9-13-30)31-14-10-7-11-15-31)35-26-44-24-25-47(35,51-5)39-45(44)28-46(38(44)48(46)27-29-16-17-29)33-18-19-34(49)37(53-39)36(33)45/h6-15,18-19,29,32,35,38-39,49H,16-17,20-28H2,1-5H3. The highest BCUT2D eigenvalue weighted by Gasteiger charge is 2.95. The number of aromatic hydroxyl groups is 1. The number of ether oxygens (including phenoxy) is 4. The number of nitrogens with zero attached hydrogens (tertiary/aromatic N) is 1. The summed E-state index contributed by atoms with van der Waals surface area (Å²) in [6, 6.07) is 26.1. The van der Waals surface area contributed by atoms with Gasteiger partial charge in [0.15, 0.2) is 11.5 Å². The quantitative estimate of drug-likeness (QED) is 0.183. The fourth-order valence-corrected chi connectivity index (χ4v) is 14.2. The van der Waals surface area contributed by atoms with Gasteiger partial charge in [0.2, 0.25) is 0 Å². The smallest absolute Gasteiger partial charge is 0.504 e. The van der Waals surface area contributed by atoms with Gasteiger partial charge in [0, 0.05) is 52.8 Å². The number of hydrogen-bond donors (Lipinski definition) is 1. The maximum absolute atomic E-state index is 14.3. The molecule has 3 aromatic carbocycles. The van der Waals surface area contributed by atoms with Crippen molar-refractivity contribution in [3.05, 3.63) is 95.1 Å². The number of benzene rings is 3. The third kappa shape index (κ3) is 3.84. The summed E-state index contributed by atoms with van der Waals surface area (Å²) in [6.07, 6.45) is 8.73. The van der Waals surface area contributed by atoms with Gasteiger partial charge in [-0.2, -0.15) is 0 Å². The van der Waals surface area contributed by atoms with Gasteiger partial charge in [0.25, 0.3) is 0 Å². The summed E-state index contributed by atoms with van der Waals surface area (Å²) in [5, 5.41) is 11.3. The topological polar surface area (TPSA) is 77.2 Å². The third-order valence-corrected chi connectivity index (χ3v) is 17.1. The van der Waals surface area contributed by atoms with Crippen LogP contribution < -0.4 is 4.74 Å². The van der Waals surface area contributed by atoms with Crippen molar-refractivity contribution in [1.82, 2.24) is 4.90 Å². The highest BCUT2D eigenvalue weighted by molar-refractivity contribution is 5.72. The first-order valence-electron chi connectivity index (χ1n) is 20.8. The van der Waals surface area contributed by atoms with Gasteiger partial charge < -0.3 is 24.1 Å². The number of carbonyl (C=O) groups is 1. The molecule has 1 saturated heterocycles. The summed E-state index contributed by atoms with van der Waals surface area (Å²) in [6.45, 7) is 9.88. The van der Waals surface area contributed by atoms with E-state index in [-0.39, 0.29) is 45.7 Å². The first kappa shape index (κ1) is 33.8. The molecular weight excluding hydrogens is 675 g/mol. The van der Waals surface area contributed by atoms with E-state index in [0.29, 0.717) is 11.8 Å². The van der Waals surface area contributed by atoms with E-state index in [9.17, 15) is 9.90 Å². The Balaban J connectivity index is 0.910. The van der Waals surface area contributed by atoms with Crippen LogP contribution in [0.5, 0.6) is 11.5 Å². The molecule has 7 heteroatoms. The Labute approximate surface area is 319 Å². The third-order valence-electron chi connectivity index (χ3n) is 17.1. The minimum absolute atomic E-state index is 0.00867. The highest BCUT2D eigenvalue weighted by atomic mass is 16.7. The van der Waals surface area contributed by atoms with Gasteiger partial charge in [0.05, 0.1) is 5.54 Å². The van der Waals surface area contributed by atoms with Crippen LogP contribution in [0.4, 0.5) is 4.79 Å². The normalized spacial score (nSPS) is 38.6. The summed E-state index contributed by atoms with van der Waals surface area (Å²) < 4.78 is 27.1. The van der Waals surface area contributed by atoms with Gasteiger partial charge in [-0.25, -0.2) is 4.79 Å². The van der Waals surface area contributed by atoms with Crippen LogP contribution in [-0.4, -0.2) is 59.3 Å². The lowest BCUT2D eigenvalue weighted by molar-refractivity contribution is -0.291. The predicted molar refractivity (Wildman–Crippen MR) is 205 cm³/mol. The van der Waals surface area contributed by atoms with Crippen LogP contribution in [0.3, 0.4) is 0 Å². The van der Waals surface area contributed by atoms with Crippen molar-refractivity contribution in [1.29, 1.82) is 0 Å². The first-order chi connectivity index (χ1) is 25.9. The highest BCUT2D eigenvalue weighted by Crippen LogP contribution is 2.90. The van der Waals surface area contributed by atoms with Crippen LogP contribution in [0.1, 0.15) is 114 Å². The largest absolute Gasteiger partial charge is 0.509 e. The molecule has 2 heterocycles. The van der Waals surface area contributed by atoms with Crippen molar-refractivity contribution < 1.29 is 28.8 Å². The average molecular weight is 730 g/mol. The molecule has 9 aliphatic rings. The molecule has 7 nitrogen and oxygen atoms in total.